The molecule has 7 aliphatic rings. The first kappa shape index (κ1) is 32.3. The molecule has 3 saturated heterocycles. The van der Waals surface area contributed by atoms with Gasteiger partial charge in [-0.3, -0.25) is 4.79 Å². The zero-order valence-corrected chi connectivity index (χ0v) is 29.7. The van der Waals surface area contributed by atoms with E-state index in [1.54, 1.807) is 0 Å². The lowest BCUT2D eigenvalue weighted by Crippen LogP contribution is -2.65. The minimum atomic E-state index is -0.347. The molecule has 14 unspecified atom stereocenters. The van der Waals surface area contributed by atoms with E-state index in [1.807, 2.05) is 44.9 Å². The summed E-state index contributed by atoms with van der Waals surface area (Å²) in [5.74, 6) is 4.83. The maximum Gasteiger partial charge on any atom is 0.196 e. The lowest BCUT2D eigenvalue weighted by molar-refractivity contribution is -0.132. The van der Waals surface area contributed by atoms with Crippen LogP contribution >= 0.6 is 23.5 Å². The Labute approximate surface area is 278 Å². The molecule has 0 aromatic rings. The van der Waals surface area contributed by atoms with Crippen molar-refractivity contribution >= 4 is 41.2 Å². The Kier molecular flexibility index (Phi) is 9.11. The number of Topliss-reactive ketones (excluding diaryl/α,β-unsaturated/α-hetero) is 1. The van der Waals surface area contributed by atoms with Crippen LogP contribution in [-0.4, -0.2) is 126 Å². The molecule has 0 aromatic carbocycles. The first-order valence-corrected chi connectivity index (χ1v) is 19.3. The van der Waals surface area contributed by atoms with Gasteiger partial charge in [0.2, 0.25) is 0 Å². The molecular formula is C33H54N6O4S2. The number of carbonyl (C=O) groups excluding carboxylic acids is 1. The van der Waals surface area contributed by atoms with Crippen molar-refractivity contribution < 1.29 is 19.0 Å². The minimum Gasteiger partial charge on any atom is -0.381 e. The van der Waals surface area contributed by atoms with Crippen LogP contribution in [0.15, 0.2) is 9.98 Å². The van der Waals surface area contributed by atoms with Crippen molar-refractivity contribution in [3.05, 3.63) is 0 Å². The second-order valence-corrected chi connectivity index (χ2v) is 17.2. The van der Waals surface area contributed by atoms with E-state index in [9.17, 15) is 4.79 Å². The standard InChI is InChI=1S/C33H54N6O4S2/c1-17-14-38(31-34-23-10-8-21(41-5)12-25(23)36-31)27(18(2)29(17)43-7)15-45-33-16-44-30(19(3)28(40)20(33)4)39(33)32-35-24-11-9-22(42-6)13-26(24)37-32/h17-27,29-30H,8-16H2,1-7H3,(H,34,36)(H,35,37). The number of ether oxygens (including phenoxy) is 3. The topological polar surface area (TPSA) is 100 Å². The van der Waals surface area contributed by atoms with Gasteiger partial charge in [-0.2, -0.15) is 0 Å². The molecule has 2 N–H and O–H groups in total. The molecule has 45 heavy (non-hydrogen) atoms. The Hall–Kier alpha value is -1.21. The molecule has 10 nitrogen and oxygen atoms in total. The number of thioether (sulfide) groups is 2. The van der Waals surface area contributed by atoms with Crippen molar-refractivity contribution in [1.29, 1.82) is 0 Å². The van der Waals surface area contributed by atoms with E-state index in [0.29, 0.717) is 41.8 Å². The number of likely N-dealkylation sites (tertiary alicyclic amines) is 1. The van der Waals surface area contributed by atoms with E-state index in [4.69, 9.17) is 24.2 Å². The number of piperidine rings is 2. The maximum atomic E-state index is 13.8. The lowest BCUT2D eigenvalue weighted by atomic mass is 9.82. The average molecular weight is 663 g/mol. The van der Waals surface area contributed by atoms with Crippen LogP contribution in [0.3, 0.4) is 0 Å². The number of methoxy groups -OCH3 is 3. The molecule has 0 aromatic heterocycles. The van der Waals surface area contributed by atoms with Crippen LogP contribution in [-0.2, 0) is 19.0 Å². The summed E-state index contributed by atoms with van der Waals surface area (Å²) >= 11 is 3.94. The fourth-order valence-corrected chi connectivity index (χ4v) is 13.5. The monoisotopic (exact) mass is 662 g/mol. The van der Waals surface area contributed by atoms with Crippen molar-refractivity contribution in [3.63, 3.8) is 0 Å². The summed E-state index contributed by atoms with van der Waals surface area (Å²) in [6.45, 7) is 9.87. The van der Waals surface area contributed by atoms with Crippen LogP contribution in [0.2, 0.25) is 0 Å². The minimum absolute atomic E-state index is 0.0276. The summed E-state index contributed by atoms with van der Waals surface area (Å²) in [5, 5.41) is 7.81. The quantitative estimate of drug-likeness (QED) is 0.441. The van der Waals surface area contributed by atoms with Crippen molar-refractivity contribution in [2.45, 2.75) is 125 Å². The van der Waals surface area contributed by atoms with Crippen LogP contribution in [0.5, 0.6) is 0 Å². The largest absolute Gasteiger partial charge is 0.381 e. The Bertz CT molecular complexity index is 1190. The third-order valence-electron chi connectivity index (χ3n) is 12.4. The Balaban J connectivity index is 1.16. The molecular weight excluding hydrogens is 609 g/mol. The van der Waals surface area contributed by atoms with Crippen LogP contribution < -0.4 is 10.6 Å². The number of aliphatic imine (C=N–C) groups is 2. The zero-order valence-electron chi connectivity index (χ0n) is 28.1. The molecule has 2 bridgehead atoms. The normalized spacial score (nSPS) is 47.5. The molecule has 0 amide bonds. The zero-order chi connectivity index (χ0) is 31.6. The molecule has 5 aliphatic heterocycles. The fraction of sp³-hybridized carbons (Fsp3) is 0.909. The van der Waals surface area contributed by atoms with Gasteiger partial charge in [0.25, 0.3) is 0 Å². The van der Waals surface area contributed by atoms with Gasteiger partial charge in [-0.15, -0.1) is 23.5 Å². The number of guanidine groups is 2. The molecule has 252 valence electrons. The maximum absolute atomic E-state index is 13.8. The van der Waals surface area contributed by atoms with Crippen molar-refractivity contribution in [2.75, 3.05) is 39.4 Å². The van der Waals surface area contributed by atoms with Gasteiger partial charge in [-0.1, -0.05) is 27.7 Å². The van der Waals surface area contributed by atoms with Gasteiger partial charge in [0.1, 0.15) is 10.7 Å². The predicted molar refractivity (Wildman–Crippen MR) is 182 cm³/mol. The Morgan fingerprint density at radius 2 is 1.53 bits per heavy atom. The van der Waals surface area contributed by atoms with Crippen molar-refractivity contribution in [2.24, 2.45) is 33.7 Å². The van der Waals surface area contributed by atoms with Crippen molar-refractivity contribution in [3.8, 4) is 0 Å². The number of hydrogen-bond acceptors (Lipinski definition) is 12. The second-order valence-electron chi connectivity index (χ2n) is 14.8. The van der Waals surface area contributed by atoms with Gasteiger partial charge in [0, 0.05) is 69.1 Å². The van der Waals surface area contributed by atoms with Gasteiger partial charge < -0.3 is 34.6 Å². The van der Waals surface area contributed by atoms with E-state index >= 15 is 0 Å². The molecule has 0 spiro atoms. The molecule has 2 saturated carbocycles. The number of rotatable bonds is 6. The van der Waals surface area contributed by atoms with Gasteiger partial charge in [-0.05, 0) is 38.5 Å². The SMILES string of the molecule is COC1CCC2N=C(N3CC(C)C(OC)C(C)C3CSC34CSC(C(C)C(=O)C3C)N4C3=NC4CCC(OC)CC4N3)NC2C1. The number of ketones is 1. The number of carbonyl (C=O) groups is 1. The molecule has 12 heteroatoms. The van der Waals surface area contributed by atoms with E-state index in [1.165, 1.54) is 0 Å². The highest BCUT2D eigenvalue weighted by atomic mass is 32.2. The van der Waals surface area contributed by atoms with E-state index in [2.05, 4.69) is 48.1 Å². The molecule has 5 heterocycles. The Morgan fingerprint density at radius 3 is 2.16 bits per heavy atom. The summed E-state index contributed by atoms with van der Waals surface area (Å²) in [6.07, 6.45) is 6.99. The van der Waals surface area contributed by atoms with Crippen LogP contribution in [0.25, 0.3) is 0 Å². The fourth-order valence-electron chi connectivity index (χ4n) is 9.58. The first-order chi connectivity index (χ1) is 21.7. The van der Waals surface area contributed by atoms with E-state index in [-0.39, 0.29) is 46.4 Å². The highest BCUT2D eigenvalue weighted by Gasteiger charge is 2.62. The number of nitrogens with zero attached hydrogens (tertiary/aromatic N) is 4. The summed E-state index contributed by atoms with van der Waals surface area (Å²) in [7, 11) is 5.52. The van der Waals surface area contributed by atoms with Gasteiger partial charge in [0.05, 0.1) is 47.9 Å². The highest BCUT2D eigenvalue weighted by molar-refractivity contribution is 8.05. The molecule has 0 radical (unpaired) electrons. The van der Waals surface area contributed by atoms with Crippen LogP contribution in [0, 0.1) is 23.7 Å². The van der Waals surface area contributed by atoms with Crippen LogP contribution in [0.1, 0.15) is 66.2 Å². The van der Waals surface area contributed by atoms with Gasteiger partial charge in [-0.25, -0.2) is 9.98 Å². The highest BCUT2D eigenvalue weighted by Crippen LogP contribution is 2.56. The number of hydrogen-bond donors (Lipinski definition) is 2. The van der Waals surface area contributed by atoms with Gasteiger partial charge >= 0.3 is 0 Å². The van der Waals surface area contributed by atoms with Gasteiger partial charge in [0.15, 0.2) is 11.9 Å². The summed E-state index contributed by atoms with van der Waals surface area (Å²) in [4.78, 5) is 29.2. The molecule has 14 atom stereocenters. The average Bonchev–Trinajstić information content (AvgIpc) is 3.75. The molecule has 7 rings (SSSR count). The molecule has 5 fully saturated rings. The first-order valence-electron chi connectivity index (χ1n) is 17.3. The molecule has 2 aliphatic carbocycles. The summed E-state index contributed by atoms with van der Waals surface area (Å²) < 4.78 is 17.6. The van der Waals surface area contributed by atoms with E-state index < -0.39 is 0 Å². The number of fused-ring (bicyclic) bond motifs is 4. The van der Waals surface area contributed by atoms with E-state index in [0.717, 1.165) is 68.5 Å². The van der Waals surface area contributed by atoms with Crippen LogP contribution in [0.4, 0.5) is 0 Å². The smallest absolute Gasteiger partial charge is 0.196 e. The second kappa shape index (κ2) is 12.7. The summed E-state index contributed by atoms with van der Waals surface area (Å²) in [6, 6.07) is 1.47. The lowest BCUT2D eigenvalue weighted by Gasteiger charge is -2.52. The third kappa shape index (κ3) is 5.40. The van der Waals surface area contributed by atoms with Crippen molar-refractivity contribution in [1.82, 2.24) is 20.4 Å². The Morgan fingerprint density at radius 1 is 0.911 bits per heavy atom. The third-order valence-corrected chi connectivity index (χ3v) is 15.8. The predicted octanol–water partition coefficient (Wildman–Crippen LogP) is 3.41. The summed E-state index contributed by atoms with van der Waals surface area (Å²) in [5.41, 5.74) is 0. The number of nitrogens with one attached hydrogen (secondary N) is 2.